The van der Waals surface area contributed by atoms with Crippen molar-refractivity contribution >= 4 is 33.4 Å². The fourth-order valence-corrected chi connectivity index (χ4v) is 2.52. The Morgan fingerprint density at radius 1 is 1.11 bits per heavy atom. The molecule has 0 bridgehead atoms. The number of anilines is 1. The third kappa shape index (κ3) is 4.48. The Morgan fingerprint density at radius 2 is 1.84 bits per heavy atom. The second-order valence-corrected chi connectivity index (χ2v) is 5.69. The van der Waals surface area contributed by atoms with Gasteiger partial charge in [0.05, 0.1) is 0 Å². The topological polar surface area (TPSA) is 21.3 Å². The number of halogens is 1. The highest BCUT2D eigenvalue weighted by Gasteiger charge is 1.99. The third-order valence-electron chi connectivity index (χ3n) is 2.61. The summed E-state index contributed by atoms with van der Waals surface area (Å²) in [6.45, 7) is 1.43. The lowest BCUT2D eigenvalue weighted by Crippen LogP contribution is -2.11. The summed E-state index contributed by atoms with van der Waals surface area (Å²) in [6.07, 6.45) is 2.08. The molecule has 2 nitrogen and oxygen atoms in total. The molecule has 0 atom stereocenters. The van der Waals surface area contributed by atoms with E-state index in [0.717, 1.165) is 22.5 Å². The van der Waals surface area contributed by atoms with E-state index in [1.165, 1.54) is 4.90 Å². The van der Waals surface area contributed by atoms with Gasteiger partial charge in [-0.15, -0.1) is 11.8 Å². The zero-order valence-corrected chi connectivity index (χ0v) is 13.1. The van der Waals surface area contributed by atoms with E-state index < -0.39 is 0 Å². The van der Waals surface area contributed by atoms with Crippen LogP contribution in [-0.4, -0.2) is 19.4 Å². The highest BCUT2D eigenvalue weighted by molar-refractivity contribution is 9.10. The zero-order valence-electron chi connectivity index (χ0n) is 10.7. The summed E-state index contributed by atoms with van der Waals surface area (Å²) >= 11 is 5.15. The molecule has 0 amide bonds. The Labute approximate surface area is 126 Å². The Kier molecular flexibility index (Phi) is 5.61. The van der Waals surface area contributed by atoms with Gasteiger partial charge in [-0.05, 0) is 42.7 Å². The van der Waals surface area contributed by atoms with Crippen molar-refractivity contribution in [3.63, 3.8) is 0 Å². The van der Waals surface area contributed by atoms with Gasteiger partial charge in [0, 0.05) is 21.6 Å². The van der Waals surface area contributed by atoms with Crippen LogP contribution in [-0.2, 0) is 0 Å². The average Bonchev–Trinajstić information content (AvgIpc) is 2.46. The van der Waals surface area contributed by atoms with Gasteiger partial charge in [0.1, 0.15) is 12.4 Å². The van der Waals surface area contributed by atoms with Crippen LogP contribution in [0.5, 0.6) is 5.75 Å². The maximum absolute atomic E-state index is 5.67. The Hall–Kier alpha value is -1.13. The first kappa shape index (κ1) is 14.3. The highest BCUT2D eigenvalue weighted by Crippen LogP contribution is 2.24. The van der Waals surface area contributed by atoms with E-state index in [1.807, 2.05) is 30.3 Å². The van der Waals surface area contributed by atoms with Crippen molar-refractivity contribution in [3.05, 3.63) is 53.0 Å². The van der Waals surface area contributed by atoms with Crippen molar-refractivity contribution in [2.24, 2.45) is 0 Å². The van der Waals surface area contributed by atoms with E-state index in [2.05, 4.69) is 45.7 Å². The van der Waals surface area contributed by atoms with Crippen LogP contribution in [0.4, 0.5) is 5.69 Å². The predicted octanol–water partition coefficient (Wildman–Crippen LogP) is 4.66. The monoisotopic (exact) mass is 337 g/mol. The van der Waals surface area contributed by atoms with Gasteiger partial charge in [0.2, 0.25) is 0 Å². The quantitative estimate of drug-likeness (QED) is 0.611. The van der Waals surface area contributed by atoms with Crippen molar-refractivity contribution in [2.75, 3.05) is 24.7 Å². The minimum absolute atomic E-state index is 0.643. The van der Waals surface area contributed by atoms with E-state index in [9.17, 15) is 0 Å². The smallest absolute Gasteiger partial charge is 0.119 e. The molecule has 0 radical (unpaired) electrons. The van der Waals surface area contributed by atoms with Crippen LogP contribution >= 0.6 is 27.7 Å². The van der Waals surface area contributed by atoms with E-state index in [4.69, 9.17) is 4.74 Å². The number of hydrogen-bond donors (Lipinski definition) is 1. The number of thioether (sulfide) groups is 1. The number of para-hydroxylation sites is 1. The highest BCUT2D eigenvalue weighted by atomic mass is 79.9. The van der Waals surface area contributed by atoms with E-state index >= 15 is 0 Å². The molecule has 100 valence electrons. The first-order valence-corrected chi connectivity index (χ1v) is 8.06. The summed E-state index contributed by atoms with van der Waals surface area (Å²) in [6, 6.07) is 16.2. The number of ether oxygens (including phenoxy) is 1. The van der Waals surface area contributed by atoms with Gasteiger partial charge in [0.25, 0.3) is 0 Å². The molecule has 2 aromatic rings. The fourth-order valence-electron chi connectivity index (χ4n) is 1.68. The van der Waals surface area contributed by atoms with Gasteiger partial charge < -0.3 is 10.1 Å². The first-order valence-electron chi connectivity index (χ1n) is 6.05. The van der Waals surface area contributed by atoms with Crippen LogP contribution in [0, 0.1) is 0 Å². The molecule has 0 aromatic heterocycles. The van der Waals surface area contributed by atoms with E-state index in [-0.39, 0.29) is 0 Å². The van der Waals surface area contributed by atoms with Gasteiger partial charge in [0.15, 0.2) is 0 Å². The second-order valence-electron chi connectivity index (χ2n) is 3.93. The second kappa shape index (κ2) is 7.46. The van der Waals surface area contributed by atoms with Gasteiger partial charge in [-0.2, -0.15) is 0 Å². The molecule has 0 aliphatic rings. The molecule has 1 N–H and O–H groups in total. The minimum Gasteiger partial charge on any atom is -0.492 e. The fraction of sp³-hybridized carbons (Fsp3) is 0.200. The Morgan fingerprint density at radius 3 is 2.58 bits per heavy atom. The molecule has 0 aliphatic carbocycles. The van der Waals surface area contributed by atoms with Crippen LogP contribution in [0.1, 0.15) is 0 Å². The number of nitrogens with one attached hydrogen (secondary N) is 1. The molecule has 0 heterocycles. The van der Waals surface area contributed by atoms with E-state index in [0.29, 0.717) is 6.61 Å². The van der Waals surface area contributed by atoms with Gasteiger partial charge in [-0.3, -0.25) is 0 Å². The van der Waals surface area contributed by atoms with Crippen LogP contribution in [0.3, 0.4) is 0 Å². The molecule has 0 spiro atoms. The molecule has 19 heavy (non-hydrogen) atoms. The summed E-state index contributed by atoms with van der Waals surface area (Å²) in [4.78, 5) is 1.26. The normalized spacial score (nSPS) is 10.2. The summed E-state index contributed by atoms with van der Waals surface area (Å²) in [5.74, 6) is 0.892. The van der Waals surface area contributed by atoms with Gasteiger partial charge in [-0.25, -0.2) is 0 Å². The van der Waals surface area contributed by atoms with Crippen LogP contribution in [0.15, 0.2) is 57.9 Å². The Bertz CT molecular complexity index is 516. The van der Waals surface area contributed by atoms with Gasteiger partial charge in [-0.1, -0.05) is 28.1 Å². The first-order chi connectivity index (χ1) is 9.29. The molecule has 2 aromatic carbocycles. The molecule has 0 saturated carbocycles. The number of benzene rings is 2. The maximum atomic E-state index is 5.67. The molecule has 0 fully saturated rings. The van der Waals surface area contributed by atoms with Crippen LogP contribution < -0.4 is 10.1 Å². The molecule has 0 aliphatic heterocycles. The summed E-state index contributed by atoms with van der Waals surface area (Å²) in [7, 11) is 0. The summed E-state index contributed by atoms with van der Waals surface area (Å²) in [5.41, 5.74) is 1.16. The number of rotatable bonds is 6. The lowest BCUT2D eigenvalue weighted by Gasteiger charge is -2.11. The summed E-state index contributed by atoms with van der Waals surface area (Å²) in [5, 5.41) is 3.39. The molecular weight excluding hydrogens is 322 g/mol. The van der Waals surface area contributed by atoms with Crippen molar-refractivity contribution in [3.8, 4) is 5.75 Å². The minimum atomic E-state index is 0.643. The molecule has 0 unspecified atom stereocenters. The lowest BCUT2D eigenvalue weighted by molar-refractivity contribution is 0.333. The Balaban J connectivity index is 1.79. The molecule has 2 rings (SSSR count). The van der Waals surface area contributed by atoms with Gasteiger partial charge >= 0.3 is 0 Å². The molecule has 0 saturated heterocycles. The largest absolute Gasteiger partial charge is 0.492 e. The molecular formula is C15H16BrNOS. The summed E-state index contributed by atoms with van der Waals surface area (Å²) < 4.78 is 6.73. The van der Waals surface area contributed by atoms with Crippen LogP contribution in [0.25, 0.3) is 0 Å². The molecule has 4 heteroatoms. The standard InChI is InChI=1S/C15H16BrNOS/c1-19-15-5-3-2-4-14(15)17-10-11-18-13-8-6-12(16)7-9-13/h2-9,17H,10-11H2,1H3. The zero-order chi connectivity index (χ0) is 13.5. The SMILES string of the molecule is CSc1ccccc1NCCOc1ccc(Br)cc1. The van der Waals surface area contributed by atoms with Crippen molar-refractivity contribution < 1.29 is 4.74 Å². The van der Waals surface area contributed by atoms with E-state index in [1.54, 1.807) is 11.8 Å². The van der Waals surface area contributed by atoms with Crippen LogP contribution in [0.2, 0.25) is 0 Å². The average molecular weight is 338 g/mol. The number of hydrogen-bond acceptors (Lipinski definition) is 3. The predicted molar refractivity (Wildman–Crippen MR) is 86.3 cm³/mol. The lowest BCUT2D eigenvalue weighted by atomic mass is 10.3. The third-order valence-corrected chi connectivity index (χ3v) is 3.93. The van der Waals surface area contributed by atoms with Crippen molar-refractivity contribution in [1.29, 1.82) is 0 Å². The maximum Gasteiger partial charge on any atom is 0.119 e. The van der Waals surface area contributed by atoms with Crippen molar-refractivity contribution in [2.45, 2.75) is 4.90 Å². The van der Waals surface area contributed by atoms with Crippen molar-refractivity contribution in [1.82, 2.24) is 0 Å².